The lowest BCUT2D eigenvalue weighted by molar-refractivity contribution is 0.630. The molecule has 0 aliphatic rings. The predicted octanol–water partition coefficient (Wildman–Crippen LogP) is 5.13. The van der Waals surface area contributed by atoms with Gasteiger partial charge >= 0.3 is 0 Å². The molecule has 0 unspecified atom stereocenters. The van der Waals surface area contributed by atoms with E-state index in [1.54, 1.807) is 30.5 Å². The minimum Gasteiger partial charge on any atom is -0.360 e. The molecule has 0 aliphatic heterocycles. The summed E-state index contributed by atoms with van der Waals surface area (Å²) >= 11 is 6.78. The summed E-state index contributed by atoms with van der Waals surface area (Å²) in [6, 6.07) is 9.39. The molecule has 0 bridgehead atoms. The van der Waals surface area contributed by atoms with Gasteiger partial charge in [0.15, 0.2) is 5.82 Å². The summed E-state index contributed by atoms with van der Waals surface area (Å²) in [5.74, 6) is -0.792. The van der Waals surface area contributed by atoms with Gasteiger partial charge in [0, 0.05) is 28.4 Å². The fourth-order valence-corrected chi connectivity index (χ4v) is 2.68. The van der Waals surface area contributed by atoms with Crippen molar-refractivity contribution in [3.8, 4) is 11.3 Å². The summed E-state index contributed by atoms with van der Waals surface area (Å²) in [7, 11) is 0. The molecule has 0 aliphatic carbocycles. The number of hydrogen-bond donors (Lipinski definition) is 2. The summed E-state index contributed by atoms with van der Waals surface area (Å²) in [4.78, 5) is 7.59. The molecule has 0 saturated carbocycles. The number of aromatic nitrogens is 2. The maximum atomic E-state index is 13.7. The van der Waals surface area contributed by atoms with Crippen molar-refractivity contribution >= 4 is 29.2 Å². The second-order valence-electron chi connectivity index (χ2n) is 4.42. The average molecular weight is 338 g/mol. The number of nitrogens with zero attached hydrogens (tertiary/aromatic N) is 1. The van der Waals surface area contributed by atoms with E-state index in [0.717, 1.165) is 11.0 Å². The molecule has 2 N–H and O–H groups in total. The lowest BCUT2D eigenvalue weighted by atomic mass is 10.1. The molecular weight excluding hydrogens is 328 g/mol. The van der Waals surface area contributed by atoms with Crippen LogP contribution in [0.1, 0.15) is 0 Å². The number of aromatic amines is 1. The molecule has 112 valence electrons. The SMILES string of the molecule is Fc1cc(Cl)ncc1NSc1c[nH]c(-c2ccccc2F)c1. The van der Waals surface area contributed by atoms with Crippen LogP contribution in [0.5, 0.6) is 0 Å². The highest BCUT2D eigenvalue weighted by Gasteiger charge is 2.08. The van der Waals surface area contributed by atoms with Crippen LogP contribution in [0.4, 0.5) is 14.5 Å². The lowest BCUT2D eigenvalue weighted by Gasteiger charge is -2.04. The topological polar surface area (TPSA) is 40.7 Å². The van der Waals surface area contributed by atoms with Crippen molar-refractivity contribution < 1.29 is 8.78 Å². The Balaban J connectivity index is 1.74. The zero-order chi connectivity index (χ0) is 15.5. The third kappa shape index (κ3) is 3.23. The first-order valence-electron chi connectivity index (χ1n) is 6.31. The molecule has 0 atom stereocenters. The van der Waals surface area contributed by atoms with Gasteiger partial charge in [0.1, 0.15) is 11.0 Å². The van der Waals surface area contributed by atoms with Crippen LogP contribution in [0.3, 0.4) is 0 Å². The quantitative estimate of drug-likeness (QED) is 0.512. The third-order valence-electron chi connectivity index (χ3n) is 2.92. The molecule has 0 radical (unpaired) electrons. The maximum Gasteiger partial charge on any atom is 0.151 e. The van der Waals surface area contributed by atoms with Gasteiger partial charge in [-0.2, -0.15) is 0 Å². The van der Waals surface area contributed by atoms with Crippen LogP contribution in [0.15, 0.2) is 53.7 Å². The monoisotopic (exact) mass is 337 g/mol. The molecule has 3 rings (SSSR count). The smallest absolute Gasteiger partial charge is 0.151 e. The number of pyridine rings is 1. The van der Waals surface area contributed by atoms with E-state index < -0.39 is 5.82 Å². The molecule has 0 spiro atoms. The van der Waals surface area contributed by atoms with Crippen LogP contribution in [-0.4, -0.2) is 9.97 Å². The predicted molar refractivity (Wildman–Crippen MR) is 84.9 cm³/mol. The molecule has 0 fully saturated rings. The highest BCUT2D eigenvalue weighted by molar-refractivity contribution is 8.00. The van der Waals surface area contributed by atoms with Crippen molar-refractivity contribution in [2.75, 3.05) is 4.72 Å². The first-order valence-corrected chi connectivity index (χ1v) is 7.50. The molecular formula is C15H10ClF2N3S. The number of H-pyrrole nitrogens is 1. The van der Waals surface area contributed by atoms with Crippen molar-refractivity contribution in [2.24, 2.45) is 0 Å². The lowest BCUT2D eigenvalue weighted by Crippen LogP contribution is -1.91. The van der Waals surface area contributed by atoms with Gasteiger partial charge < -0.3 is 9.71 Å². The van der Waals surface area contributed by atoms with E-state index in [-0.39, 0.29) is 16.7 Å². The maximum absolute atomic E-state index is 13.7. The molecule has 2 aromatic heterocycles. The molecule has 3 aromatic rings. The highest BCUT2D eigenvalue weighted by Crippen LogP contribution is 2.28. The minimum absolute atomic E-state index is 0.0940. The normalized spacial score (nSPS) is 10.7. The Kier molecular flexibility index (Phi) is 4.31. The van der Waals surface area contributed by atoms with Crippen molar-refractivity contribution in [3.05, 3.63) is 65.6 Å². The Bertz CT molecular complexity index is 807. The van der Waals surface area contributed by atoms with E-state index in [4.69, 9.17) is 11.6 Å². The number of benzene rings is 1. The van der Waals surface area contributed by atoms with Crippen molar-refractivity contribution in [2.45, 2.75) is 4.90 Å². The average Bonchev–Trinajstić information content (AvgIpc) is 2.95. The van der Waals surface area contributed by atoms with Crippen molar-refractivity contribution in [3.63, 3.8) is 0 Å². The molecule has 3 nitrogen and oxygen atoms in total. The second kappa shape index (κ2) is 6.37. The van der Waals surface area contributed by atoms with Crippen LogP contribution in [-0.2, 0) is 0 Å². The van der Waals surface area contributed by atoms with Gasteiger partial charge in [0.25, 0.3) is 0 Å². The van der Waals surface area contributed by atoms with E-state index in [0.29, 0.717) is 11.3 Å². The summed E-state index contributed by atoms with van der Waals surface area (Å²) < 4.78 is 30.2. The van der Waals surface area contributed by atoms with Crippen LogP contribution in [0, 0.1) is 11.6 Å². The summed E-state index contributed by atoms with van der Waals surface area (Å²) in [5, 5.41) is 0.0940. The molecule has 7 heteroatoms. The van der Waals surface area contributed by atoms with Gasteiger partial charge in [-0.25, -0.2) is 13.8 Å². The van der Waals surface area contributed by atoms with Crippen molar-refractivity contribution in [1.29, 1.82) is 0 Å². The van der Waals surface area contributed by atoms with Crippen LogP contribution < -0.4 is 4.72 Å². The first kappa shape index (κ1) is 14.9. The zero-order valence-electron chi connectivity index (χ0n) is 11.1. The fourth-order valence-electron chi connectivity index (χ4n) is 1.87. The fraction of sp³-hybridized carbons (Fsp3) is 0. The second-order valence-corrected chi connectivity index (χ2v) is 5.69. The van der Waals surface area contributed by atoms with Gasteiger partial charge in [-0.15, -0.1) is 0 Å². The largest absolute Gasteiger partial charge is 0.360 e. The molecule has 0 amide bonds. The molecule has 0 saturated heterocycles. The Morgan fingerprint density at radius 1 is 1.14 bits per heavy atom. The van der Waals surface area contributed by atoms with Crippen LogP contribution in [0.2, 0.25) is 5.15 Å². The minimum atomic E-state index is -0.489. The van der Waals surface area contributed by atoms with Crippen LogP contribution >= 0.6 is 23.5 Å². The van der Waals surface area contributed by atoms with E-state index in [2.05, 4.69) is 14.7 Å². The third-order valence-corrected chi connectivity index (χ3v) is 3.92. The summed E-state index contributed by atoms with van der Waals surface area (Å²) in [5.41, 5.74) is 1.36. The summed E-state index contributed by atoms with van der Waals surface area (Å²) in [6.45, 7) is 0. The number of hydrogen-bond acceptors (Lipinski definition) is 3. The Morgan fingerprint density at radius 3 is 2.73 bits per heavy atom. The van der Waals surface area contributed by atoms with Gasteiger partial charge in [-0.1, -0.05) is 23.7 Å². The standard InChI is InChI=1S/C15H10ClF2N3S/c16-15-6-12(18)14(8-20-15)21-22-9-5-13(19-7-9)10-3-1-2-4-11(10)17/h1-8,19,21H. The van der Waals surface area contributed by atoms with Gasteiger partial charge in [-0.3, -0.25) is 0 Å². The Morgan fingerprint density at radius 2 is 1.95 bits per heavy atom. The summed E-state index contributed by atoms with van der Waals surface area (Å²) in [6.07, 6.45) is 3.02. The van der Waals surface area contributed by atoms with Gasteiger partial charge in [0.2, 0.25) is 0 Å². The Labute approximate surface area is 134 Å². The number of rotatable bonds is 4. The van der Waals surface area contributed by atoms with E-state index in [1.807, 2.05) is 0 Å². The number of nitrogens with one attached hydrogen (secondary N) is 2. The van der Waals surface area contributed by atoms with Gasteiger partial charge in [-0.05, 0) is 30.1 Å². The number of anilines is 1. The van der Waals surface area contributed by atoms with Crippen LogP contribution in [0.25, 0.3) is 11.3 Å². The van der Waals surface area contributed by atoms with E-state index in [1.165, 1.54) is 24.2 Å². The van der Waals surface area contributed by atoms with E-state index in [9.17, 15) is 8.78 Å². The number of halogens is 3. The molecule has 2 heterocycles. The van der Waals surface area contributed by atoms with Gasteiger partial charge in [0.05, 0.1) is 11.9 Å². The zero-order valence-corrected chi connectivity index (χ0v) is 12.7. The molecule has 1 aromatic carbocycles. The Hall–Kier alpha value is -2.05. The first-order chi connectivity index (χ1) is 10.6. The highest BCUT2D eigenvalue weighted by atomic mass is 35.5. The van der Waals surface area contributed by atoms with E-state index >= 15 is 0 Å². The van der Waals surface area contributed by atoms with Crippen molar-refractivity contribution in [1.82, 2.24) is 9.97 Å². The molecule has 22 heavy (non-hydrogen) atoms.